The molecule has 26 nitrogen and oxygen atoms in total. The summed E-state index contributed by atoms with van der Waals surface area (Å²) in [4.78, 5) is 134. The molecule has 0 saturated carbocycles. The molecule has 0 rings (SSSR count). The topological polar surface area (TPSA) is 464 Å². The first-order chi connectivity index (χ1) is 28.6. The second-order valence-electron chi connectivity index (χ2n) is 13.5. The lowest BCUT2D eigenvalue weighted by Gasteiger charge is -2.27. The van der Waals surface area contributed by atoms with Crippen molar-refractivity contribution in [3.63, 3.8) is 0 Å². The number of thioether (sulfide) groups is 1. The molecule has 0 aromatic heterocycles. The van der Waals surface area contributed by atoms with E-state index in [1.807, 2.05) is 0 Å². The van der Waals surface area contributed by atoms with E-state index in [0.717, 1.165) is 6.92 Å². The Bertz CT molecular complexity index is 1610. The maximum atomic E-state index is 13.8. The van der Waals surface area contributed by atoms with Gasteiger partial charge in [0.15, 0.2) is 11.9 Å². The highest BCUT2D eigenvalue weighted by Crippen LogP contribution is 2.09. The van der Waals surface area contributed by atoms with E-state index >= 15 is 0 Å². The maximum Gasteiger partial charge on any atom is 0.303 e. The minimum atomic E-state index is -1.60. The molecule has 0 bridgehead atoms. The molecule has 6 atom stereocenters. The number of hydrogen-bond acceptors (Lipinski definition) is 13. The van der Waals surface area contributed by atoms with Gasteiger partial charge < -0.3 is 76.5 Å². The average Bonchev–Trinajstić information content (AvgIpc) is 3.16. The lowest BCUT2D eigenvalue weighted by atomic mass is 10.0. The predicted octanol–water partition coefficient (Wildman–Crippen LogP) is -5.74. The number of nitrogens with two attached hydrogens (primary N) is 6. The number of guanidine groups is 2. The zero-order valence-electron chi connectivity index (χ0n) is 34.1. The fourth-order valence-electron chi connectivity index (χ4n) is 5.30. The number of amides is 8. The van der Waals surface area contributed by atoms with Gasteiger partial charge in [0.05, 0.1) is 0 Å². The van der Waals surface area contributed by atoms with Gasteiger partial charge in [0.2, 0.25) is 47.3 Å². The number of carboxylic acid groups (broad SMARTS) is 2. The number of nitrogens with zero attached hydrogens (tertiary/aromatic N) is 2. The van der Waals surface area contributed by atoms with E-state index < -0.39 is 121 Å². The van der Waals surface area contributed by atoms with Gasteiger partial charge in [-0.2, -0.15) is 11.8 Å². The molecule has 0 aliphatic rings. The van der Waals surface area contributed by atoms with E-state index in [-0.39, 0.29) is 75.7 Å². The van der Waals surface area contributed by atoms with Gasteiger partial charge in [-0.3, -0.25) is 57.9 Å². The summed E-state index contributed by atoms with van der Waals surface area (Å²) in [6, 6.07) is -8.59. The number of carboxylic acids is 2. The van der Waals surface area contributed by atoms with Gasteiger partial charge in [0.25, 0.3) is 0 Å². The molecule has 27 heteroatoms. The summed E-state index contributed by atoms with van der Waals surface area (Å²) in [7, 11) is 0. The van der Waals surface area contributed by atoms with Gasteiger partial charge in [-0.25, -0.2) is 0 Å². The van der Waals surface area contributed by atoms with Crippen LogP contribution in [0.2, 0.25) is 0 Å². The molecular formula is C34H60N14O12S. The van der Waals surface area contributed by atoms with Crippen LogP contribution in [0.4, 0.5) is 0 Å². The molecule has 0 spiro atoms. The van der Waals surface area contributed by atoms with Crippen LogP contribution in [0.25, 0.3) is 0 Å². The van der Waals surface area contributed by atoms with Crippen molar-refractivity contribution >= 4 is 82.9 Å². The van der Waals surface area contributed by atoms with Crippen LogP contribution in [0, 0.1) is 0 Å². The van der Waals surface area contributed by atoms with Crippen LogP contribution in [-0.4, -0.2) is 143 Å². The first-order valence-electron chi connectivity index (χ1n) is 19.0. The van der Waals surface area contributed by atoms with Crippen molar-refractivity contribution in [3.8, 4) is 0 Å². The molecule has 0 aromatic carbocycles. The first kappa shape index (κ1) is 54.6. The van der Waals surface area contributed by atoms with Crippen molar-refractivity contribution in [1.29, 1.82) is 0 Å². The Morgan fingerprint density at radius 1 is 0.492 bits per heavy atom. The SMILES string of the molecule is CSCC[C@H](NC(=O)[C@@H](CCC(=O)O)NC(=O)[C@H](CCC(=O)O)NC(C)=O)C(=O)N[C@@H](CCC(N)=O)C(=O)N[C@@H](CCCN=C(N)N)C(=O)N[C@@H](CCCN=C(N)N)C(N)=O. The summed E-state index contributed by atoms with van der Waals surface area (Å²) in [6.07, 6.45) is -0.914. The largest absolute Gasteiger partial charge is 0.481 e. The molecule has 344 valence electrons. The summed E-state index contributed by atoms with van der Waals surface area (Å²) in [5, 5.41) is 32.8. The lowest BCUT2D eigenvalue weighted by Crippen LogP contribution is -2.59. The van der Waals surface area contributed by atoms with Crippen molar-refractivity contribution in [2.24, 2.45) is 44.4 Å². The Labute approximate surface area is 355 Å². The Morgan fingerprint density at radius 2 is 0.820 bits per heavy atom. The number of aliphatic carboxylic acids is 2. The monoisotopic (exact) mass is 888 g/mol. The van der Waals surface area contributed by atoms with Gasteiger partial charge in [0, 0.05) is 39.3 Å². The van der Waals surface area contributed by atoms with Crippen LogP contribution in [0.1, 0.15) is 77.6 Å². The van der Waals surface area contributed by atoms with E-state index in [1.165, 1.54) is 11.8 Å². The molecule has 0 radical (unpaired) electrons. The molecule has 0 unspecified atom stereocenters. The molecule has 0 aliphatic heterocycles. The Morgan fingerprint density at radius 3 is 1.15 bits per heavy atom. The minimum Gasteiger partial charge on any atom is -0.481 e. The van der Waals surface area contributed by atoms with Crippen LogP contribution in [0.5, 0.6) is 0 Å². The van der Waals surface area contributed by atoms with E-state index in [0.29, 0.717) is 0 Å². The molecule has 0 fully saturated rings. The summed E-state index contributed by atoms with van der Waals surface area (Å²) < 4.78 is 0. The second-order valence-corrected chi connectivity index (χ2v) is 14.5. The Hall–Kier alpha value is -6.41. The number of hydrogen-bond donors (Lipinski definition) is 14. The summed E-state index contributed by atoms with van der Waals surface area (Å²) in [6.45, 7) is 1.22. The fraction of sp³-hybridized carbons (Fsp3) is 0.647. The van der Waals surface area contributed by atoms with Crippen molar-refractivity contribution in [3.05, 3.63) is 0 Å². The van der Waals surface area contributed by atoms with Crippen molar-refractivity contribution in [2.45, 2.75) is 114 Å². The van der Waals surface area contributed by atoms with Crippen LogP contribution in [0.15, 0.2) is 9.98 Å². The van der Waals surface area contributed by atoms with Crippen LogP contribution in [0.3, 0.4) is 0 Å². The summed E-state index contributed by atoms with van der Waals surface area (Å²) >= 11 is 1.27. The second kappa shape index (κ2) is 29.7. The number of aliphatic imine (C=N–C) groups is 2. The highest BCUT2D eigenvalue weighted by Gasteiger charge is 2.33. The van der Waals surface area contributed by atoms with E-state index in [2.05, 4.69) is 41.9 Å². The van der Waals surface area contributed by atoms with Crippen molar-refractivity contribution < 1.29 is 58.2 Å². The van der Waals surface area contributed by atoms with Crippen LogP contribution in [-0.2, 0) is 47.9 Å². The molecule has 61 heavy (non-hydrogen) atoms. The number of primary amides is 2. The van der Waals surface area contributed by atoms with E-state index in [4.69, 9.17) is 39.5 Å². The van der Waals surface area contributed by atoms with Gasteiger partial charge in [0.1, 0.15) is 36.3 Å². The van der Waals surface area contributed by atoms with E-state index in [9.17, 15) is 53.1 Å². The molecule has 0 saturated heterocycles. The van der Waals surface area contributed by atoms with Gasteiger partial charge >= 0.3 is 11.9 Å². The van der Waals surface area contributed by atoms with Gasteiger partial charge in [-0.1, -0.05) is 0 Å². The number of nitrogens with one attached hydrogen (secondary N) is 6. The highest BCUT2D eigenvalue weighted by molar-refractivity contribution is 7.98. The van der Waals surface area contributed by atoms with Crippen molar-refractivity contribution in [2.75, 3.05) is 25.1 Å². The molecule has 0 heterocycles. The number of carbonyl (C=O) groups is 10. The molecule has 0 aliphatic carbocycles. The molecular weight excluding hydrogens is 829 g/mol. The first-order valence-corrected chi connectivity index (χ1v) is 20.4. The highest BCUT2D eigenvalue weighted by atomic mass is 32.2. The third-order valence-corrected chi connectivity index (χ3v) is 9.00. The normalized spacial score (nSPS) is 13.5. The molecule has 8 amide bonds. The zero-order chi connectivity index (χ0) is 46.7. The predicted molar refractivity (Wildman–Crippen MR) is 221 cm³/mol. The van der Waals surface area contributed by atoms with Crippen LogP contribution >= 0.6 is 11.8 Å². The number of rotatable bonds is 32. The third kappa shape index (κ3) is 25.6. The van der Waals surface area contributed by atoms with Crippen LogP contribution < -0.4 is 66.3 Å². The smallest absolute Gasteiger partial charge is 0.303 e. The third-order valence-electron chi connectivity index (χ3n) is 8.36. The van der Waals surface area contributed by atoms with Crippen molar-refractivity contribution in [1.82, 2.24) is 31.9 Å². The quantitative estimate of drug-likeness (QED) is 0.0170. The molecule has 0 aromatic rings. The summed E-state index contributed by atoms with van der Waals surface area (Å²) in [5.41, 5.74) is 32.3. The van der Waals surface area contributed by atoms with E-state index in [1.54, 1.807) is 6.26 Å². The minimum absolute atomic E-state index is 0.0222. The Balaban J connectivity index is 6.52. The Kier molecular flexibility index (Phi) is 26.6. The standard InChI is InChI=1S/C34H60N14O12S/c1-17(49)43-20(8-11-25(51)52)29(57)47-22(9-12-26(53)54)31(59)48-23(13-16-61-2)32(60)46-21(7-10-24(35)50)30(58)45-19(6-4-15-42-34(39)40)28(56)44-18(27(36)55)5-3-14-41-33(37)38/h18-23H,3-16H2,1-2H3,(H2,35,50)(H2,36,55)(H,43,49)(H,44,56)(H,45,58)(H,46,60)(H,47,57)(H,48,59)(H,51,52)(H,53,54)(H4,37,38,41)(H4,39,40,42)/t18-,19-,20-,21-,22+,23-/m0/s1. The maximum absolute atomic E-state index is 13.8. The number of carbonyl (C=O) groups excluding carboxylic acids is 8. The lowest BCUT2D eigenvalue weighted by molar-refractivity contribution is -0.140. The van der Waals surface area contributed by atoms with Gasteiger partial charge in [-0.05, 0) is 63.4 Å². The van der Waals surface area contributed by atoms with Gasteiger partial charge in [-0.15, -0.1) is 0 Å². The molecule has 20 N–H and O–H groups in total. The zero-order valence-corrected chi connectivity index (χ0v) is 34.9. The average molecular weight is 889 g/mol. The summed E-state index contributed by atoms with van der Waals surface area (Å²) in [5.74, 6) is -10.1. The fourth-order valence-corrected chi connectivity index (χ4v) is 5.77.